The molecule has 2 aromatic carbocycles. The number of pyridine rings is 1. The first-order chi connectivity index (χ1) is 12.3. The van der Waals surface area contributed by atoms with Crippen molar-refractivity contribution < 1.29 is 14.6 Å². The van der Waals surface area contributed by atoms with Gasteiger partial charge in [0.15, 0.2) is 6.29 Å². The fourth-order valence-electron chi connectivity index (χ4n) is 3.24. The van der Waals surface area contributed by atoms with E-state index in [4.69, 9.17) is 4.74 Å². The Morgan fingerprint density at radius 2 is 1.84 bits per heavy atom. The molecule has 0 radical (unpaired) electrons. The lowest BCUT2D eigenvalue weighted by atomic mass is 10.0. The Morgan fingerprint density at radius 1 is 1.08 bits per heavy atom. The second kappa shape index (κ2) is 6.63. The molecular formula is C20H18N2O3. The fraction of sp³-hybridized carbons (Fsp3) is 0.200. The summed E-state index contributed by atoms with van der Waals surface area (Å²) in [6.45, 7) is 1.22. The maximum absolute atomic E-state index is 11.5. The molecule has 5 heteroatoms. The average molecular weight is 334 g/mol. The molecule has 0 saturated carbocycles. The Morgan fingerprint density at radius 3 is 2.68 bits per heavy atom. The van der Waals surface area contributed by atoms with Crippen LogP contribution in [0.25, 0.3) is 10.9 Å². The van der Waals surface area contributed by atoms with Crippen LogP contribution >= 0.6 is 0 Å². The average Bonchev–Trinajstić information content (AvgIpc) is 2.67. The Labute approximate surface area is 145 Å². The third-order valence-electron chi connectivity index (χ3n) is 4.50. The number of para-hydroxylation sites is 2. The third-order valence-corrected chi connectivity index (χ3v) is 4.50. The minimum atomic E-state index is -0.290. The number of aldehydes is 1. The molecule has 0 bridgehead atoms. The number of nitrogens with one attached hydrogen (secondary N) is 1. The Hall–Kier alpha value is -2.76. The van der Waals surface area contributed by atoms with Gasteiger partial charge >= 0.3 is 0 Å². The highest BCUT2D eigenvalue weighted by molar-refractivity contribution is 5.96. The van der Waals surface area contributed by atoms with Crippen molar-refractivity contribution in [3.8, 4) is 5.75 Å². The standard InChI is InChI=1S/C20H18N2O3/c23-12-13-9-17(22-16-7-3-1-5-14(13)16)20-11-21-10-19(25-20)15-6-2-4-8-18(15)24/h1-9,12,19-21,24H,10-11H2. The lowest BCUT2D eigenvalue weighted by Gasteiger charge is -2.31. The Balaban J connectivity index is 1.69. The van der Waals surface area contributed by atoms with Crippen LogP contribution in [0.1, 0.15) is 33.8 Å². The van der Waals surface area contributed by atoms with E-state index in [-0.39, 0.29) is 18.0 Å². The topological polar surface area (TPSA) is 71.5 Å². The monoisotopic (exact) mass is 334 g/mol. The summed E-state index contributed by atoms with van der Waals surface area (Å²) in [5, 5.41) is 14.2. The van der Waals surface area contributed by atoms with E-state index < -0.39 is 0 Å². The Kier molecular flexibility index (Phi) is 4.17. The van der Waals surface area contributed by atoms with Crippen LogP contribution in [0.15, 0.2) is 54.6 Å². The number of nitrogens with zero attached hydrogens (tertiary/aromatic N) is 1. The molecule has 0 aliphatic carbocycles. The lowest BCUT2D eigenvalue weighted by Crippen LogP contribution is -2.36. The minimum absolute atomic E-state index is 0.218. The van der Waals surface area contributed by atoms with Crippen LogP contribution in [0.2, 0.25) is 0 Å². The van der Waals surface area contributed by atoms with Crippen molar-refractivity contribution in [1.29, 1.82) is 0 Å². The van der Waals surface area contributed by atoms with Crippen molar-refractivity contribution in [3.63, 3.8) is 0 Å². The molecule has 25 heavy (non-hydrogen) atoms. The van der Waals surface area contributed by atoms with Gasteiger partial charge in [-0.15, -0.1) is 0 Å². The predicted octanol–water partition coefficient (Wildman–Crippen LogP) is 3.16. The van der Waals surface area contributed by atoms with Gasteiger partial charge in [-0.1, -0.05) is 36.4 Å². The first-order valence-corrected chi connectivity index (χ1v) is 8.25. The zero-order valence-electron chi connectivity index (χ0n) is 13.6. The molecule has 2 N–H and O–H groups in total. The maximum Gasteiger partial charge on any atom is 0.150 e. The second-order valence-electron chi connectivity index (χ2n) is 6.10. The smallest absolute Gasteiger partial charge is 0.150 e. The predicted molar refractivity (Wildman–Crippen MR) is 94.7 cm³/mol. The van der Waals surface area contributed by atoms with Crippen LogP contribution in [0.3, 0.4) is 0 Å². The molecule has 2 heterocycles. The van der Waals surface area contributed by atoms with Crippen LogP contribution < -0.4 is 5.32 Å². The number of aromatic hydroxyl groups is 1. The van der Waals surface area contributed by atoms with E-state index in [0.29, 0.717) is 24.3 Å². The summed E-state index contributed by atoms with van der Waals surface area (Å²) >= 11 is 0. The number of carbonyl (C=O) groups excluding carboxylic acids is 1. The summed E-state index contributed by atoms with van der Waals surface area (Å²) in [6.07, 6.45) is 0.291. The van der Waals surface area contributed by atoms with Gasteiger partial charge in [-0.25, -0.2) is 4.98 Å². The fourth-order valence-corrected chi connectivity index (χ4v) is 3.24. The van der Waals surface area contributed by atoms with Gasteiger partial charge < -0.3 is 15.2 Å². The lowest BCUT2D eigenvalue weighted by molar-refractivity contribution is -0.0434. The van der Waals surface area contributed by atoms with E-state index in [1.165, 1.54) is 0 Å². The first kappa shape index (κ1) is 15.7. The SMILES string of the molecule is O=Cc1cc(C2CNCC(c3ccccc3O)O2)nc2ccccc12. The number of benzene rings is 2. The normalized spacial score (nSPS) is 20.5. The number of hydrogen-bond donors (Lipinski definition) is 2. The molecule has 126 valence electrons. The summed E-state index contributed by atoms with van der Waals surface area (Å²) in [7, 11) is 0. The van der Waals surface area contributed by atoms with Crippen LogP contribution in [0, 0.1) is 0 Å². The summed E-state index contributed by atoms with van der Waals surface area (Å²) in [5.41, 5.74) is 2.84. The number of aromatic nitrogens is 1. The highest BCUT2D eigenvalue weighted by Crippen LogP contribution is 2.33. The highest BCUT2D eigenvalue weighted by Gasteiger charge is 2.27. The van der Waals surface area contributed by atoms with Crippen molar-refractivity contribution in [2.75, 3.05) is 13.1 Å². The summed E-state index contributed by atoms with van der Waals surface area (Å²) in [5.74, 6) is 0.218. The maximum atomic E-state index is 11.5. The van der Waals surface area contributed by atoms with Gasteiger partial charge in [0.25, 0.3) is 0 Å². The highest BCUT2D eigenvalue weighted by atomic mass is 16.5. The van der Waals surface area contributed by atoms with Crippen molar-refractivity contribution in [2.24, 2.45) is 0 Å². The number of rotatable bonds is 3. The number of fused-ring (bicyclic) bond motifs is 1. The molecule has 0 amide bonds. The number of carbonyl (C=O) groups is 1. The van der Waals surface area contributed by atoms with E-state index in [1.807, 2.05) is 36.4 Å². The molecule has 3 aromatic rings. The van der Waals surface area contributed by atoms with Gasteiger partial charge in [0, 0.05) is 29.6 Å². The summed E-state index contributed by atoms with van der Waals surface area (Å²) < 4.78 is 6.19. The zero-order valence-corrected chi connectivity index (χ0v) is 13.6. The molecule has 1 aliphatic heterocycles. The van der Waals surface area contributed by atoms with Gasteiger partial charge in [0.05, 0.1) is 17.3 Å². The molecule has 2 atom stereocenters. The Bertz CT molecular complexity index is 926. The molecule has 0 spiro atoms. The van der Waals surface area contributed by atoms with Gasteiger partial charge in [0.2, 0.25) is 0 Å². The van der Waals surface area contributed by atoms with Crippen LogP contribution in [-0.4, -0.2) is 29.5 Å². The van der Waals surface area contributed by atoms with Gasteiger partial charge in [0.1, 0.15) is 11.9 Å². The molecule has 2 unspecified atom stereocenters. The molecular weight excluding hydrogens is 316 g/mol. The van der Waals surface area contributed by atoms with Crippen molar-refractivity contribution in [3.05, 3.63) is 71.4 Å². The second-order valence-corrected chi connectivity index (χ2v) is 6.10. The van der Waals surface area contributed by atoms with E-state index in [0.717, 1.165) is 22.8 Å². The molecule has 4 rings (SSSR count). The quantitative estimate of drug-likeness (QED) is 0.720. The number of phenolic OH excluding ortho intramolecular Hbond substituents is 1. The van der Waals surface area contributed by atoms with E-state index in [2.05, 4.69) is 10.3 Å². The number of hydrogen-bond acceptors (Lipinski definition) is 5. The van der Waals surface area contributed by atoms with Gasteiger partial charge in [-0.3, -0.25) is 4.79 Å². The van der Waals surface area contributed by atoms with Crippen molar-refractivity contribution in [1.82, 2.24) is 10.3 Å². The summed E-state index contributed by atoms with van der Waals surface area (Å²) in [6, 6.07) is 16.5. The first-order valence-electron chi connectivity index (χ1n) is 8.25. The van der Waals surface area contributed by atoms with Crippen molar-refractivity contribution in [2.45, 2.75) is 12.2 Å². The summed E-state index contributed by atoms with van der Waals surface area (Å²) in [4.78, 5) is 16.1. The van der Waals surface area contributed by atoms with E-state index >= 15 is 0 Å². The van der Waals surface area contributed by atoms with E-state index in [1.54, 1.807) is 18.2 Å². The molecule has 1 fully saturated rings. The van der Waals surface area contributed by atoms with Crippen LogP contribution in [-0.2, 0) is 4.74 Å². The number of morpholine rings is 1. The molecule has 5 nitrogen and oxygen atoms in total. The third kappa shape index (κ3) is 2.99. The van der Waals surface area contributed by atoms with Crippen LogP contribution in [0.4, 0.5) is 0 Å². The van der Waals surface area contributed by atoms with Gasteiger partial charge in [-0.2, -0.15) is 0 Å². The molecule has 1 aliphatic rings. The minimum Gasteiger partial charge on any atom is -0.508 e. The largest absolute Gasteiger partial charge is 0.508 e. The van der Waals surface area contributed by atoms with Crippen LogP contribution in [0.5, 0.6) is 5.75 Å². The van der Waals surface area contributed by atoms with Crippen molar-refractivity contribution >= 4 is 17.2 Å². The van der Waals surface area contributed by atoms with Gasteiger partial charge in [-0.05, 0) is 18.2 Å². The molecule has 1 aromatic heterocycles. The number of ether oxygens (including phenoxy) is 1. The molecule has 1 saturated heterocycles. The van der Waals surface area contributed by atoms with E-state index in [9.17, 15) is 9.90 Å². The zero-order chi connectivity index (χ0) is 17.2. The number of phenols is 1.